The number of rotatable bonds is 8. The molecule has 0 atom stereocenters. The van der Waals surface area contributed by atoms with Crippen LogP contribution in [0.5, 0.6) is 11.5 Å². The Morgan fingerprint density at radius 3 is 0.790 bits per heavy atom. The summed E-state index contributed by atoms with van der Waals surface area (Å²) >= 11 is 0. The zero-order valence-corrected chi connectivity index (χ0v) is 40.8. The second kappa shape index (κ2) is 36.6. The summed E-state index contributed by atoms with van der Waals surface area (Å²) < 4.78 is 10.6. The van der Waals surface area contributed by atoms with E-state index in [1.165, 1.54) is 34.4 Å². The molecule has 0 aliphatic heterocycles. The van der Waals surface area contributed by atoms with Crippen LogP contribution in [0.4, 0.5) is 0 Å². The molecule has 0 saturated heterocycles. The topological polar surface area (TPSA) is 52.6 Å². The highest BCUT2D eigenvalue weighted by Crippen LogP contribution is 2.23. The highest BCUT2D eigenvalue weighted by Gasteiger charge is 2.04. The minimum atomic E-state index is -0.385. The van der Waals surface area contributed by atoms with Crippen LogP contribution < -0.4 is 9.47 Å². The van der Waals surface area contributed by atoms with Crippen LogP contribution >= 0.6 is 0 Å². The minimum Gasteiger partial charge on any atom is -0.423 e. The van der Waals surface area contributed by atoms with Gasteiger partial charge in [-0.05, 0) is 97.5 Å². The second-order valence-corrected chi connectivity index (χ2v) is 12.1. The van der Waals surface area contributed by atoms with Crippen molar-refractivity contribution in [2.45, 2.75) is 111 Å². The van der Waals surface area contributed by atoms with Gasteiger partial charge in [-0.1, -0.05) is 227 Å². The number of carbonyl (C=O) groups is 2. The summed E-state index contributed by atoms with van der Waals surface area (Å²) in [4.78, 5) is 23.8. The molecule has 0 fully saturated rings. The summed E-state index contributed by atoms with van der Waals surface area (Å²) in [5.74, 6) is 0.319. The Morgan fingerprint density at radius 2 is 0.500 bits per heavy atom. The summed E-state index contributed by atoms with van der Waals surface area (Å²) in [7, 11) is 0. The fraction of sp³-hybridized carbons (Fsp3) is 0.276. The Hall–Kier alpha value is -6.26. The number of hydrogen-bond acceptors (Lipinski definition) is 4. The van der Waals surface area contributed by atoms with Gasteiger partial charge in [-0.15, -0.1) is 0 Å². The van der Waals surface area contributed by atoms with Gasteiger partial charge in [-0.25, -0.2) is 9.59 Å². The van der Waals surface area contributed by atoms with Crippen LogP contribution in [0.2, 0.25) is 0 Å². The average molecular weight is 837 g/mol. The second-order valence-electron chi connectivity index (χ2n) is 12.1. The lowest BCUT2D eigenvalue weighted by molar-refractivity contribution is -0.129. The Kier molecular flexibility index (Phi) is 34.1. The first kappa shape index (κ1) is 57.8. The highest BCUT2D eigenvalue weighted by atomic mass is 16.5. The van der Waals surface area contributed by atoms with Gasteiger partial charge in [-0.2, -0.15) is 0 Å². The molecule has 0 saturated carbocycles. The molecule has 62 heavy (non-hydrogen) atoms. The first-order valence-electron chi connectivity index (χ1n) is 22.5. The van der Waals surface area contributed by atoms with Crippen molar-refractivity contribution >= 4 is 24.1 Å². The summed E-state index contributed by atoms with van der Waals surface area (Å²) in [6.45, 7) is 32.2. The van der Waals surface area contributed by atoms with Gasteiger partial charge >= 0.3 is 11.9 Å². The molecule has 332 valence electrons. The SMILES string of the molecule is CC.CC.CC.CC.CC.CC.Cc1ccc(/C=C/C(=O)Oc2ccc(-c3ccc(C)cc3)cc2)cc1.Cc1ccc(OC(=O)/C=C/c2ccc(-c3ccc(C)cc3)cc2)cc1. The molecule has 0 aliphatic rings. The van der Waals surface area contributed by atoms with E-state index in [0.29, 0.717) is 11.5 Å². The zero-order chi connectivity index (χ0) is 47.3. The number of hydrogen-bond donors (Lipinski definition) is 0. The van der Waals surface area contributed by atoms with Crippen LogP contribution in [0, 0.1) is 27.7 Å². The fourth-order valence-electron chi connectivity index (χ4n) is 4.91. The van der Waals surface area contributed by atoms with Crippen molar-refractivity contribution in [2.75, 3.05) is 0 Å². The molecule has 6 rings (SSSR count). The van der Waals surface area contributed by atoms with E-state index >= 15 is 0 Å². The molecule has 4 nitrogen and oxygen atoms in total. The molecule has 4 heteroatoms. The Balaban J connectivity index is 0. The molecule has 0 amide bonds. The Labute approximate surface area is 377 Å². The van der Waals surface area contributed by atoms with Gasteiger partial charge in [0.15, 0.2) is 0 Å². The van der Waals surface area contributed by atoms with E-state index < -0.39 is 0 Å². The first-order chi connectivity index (χ1) is 30.2. The van der Waals surface area contributed by atoms with Gasteiger partial charge in [0.2, 0.25) is 0 Å². The number of ether oxygens (including phenoxy) is 2. The predicted octanol–water partition coefficient (Wildman–Crippen LogP) is 17.3. The Bertz CT molecular complexity index is 2050. The first-order valence-corrected chi connectivity index (χ1v) is 22.5. The summed E-state index contributed by atoms with van der Waals surface area (Å²) in [6, 6.07) is 47.7. The van der Waals surface area contributed by atoms with Gasteiger partial charge in [0, 0.05) is 12.2 Å². The number of aryl methyl sites for hydroxylation is 4. The van der Waals surface area contributed by atoms with Crippen molar-refractivity contribution in [1.82, 2.24) is 0 Å². The molecular formula is C58H76O4. The summed E-state index contributed by atoms with van der Waals surface area (Å²) in [5.41, 5.74) is 11.3. The van der Waals surface area contributed by atoms with Crippen LogP contribution in [0.15, 0.2) is 158 Å². The Morgan fingerprint density at radius 1 is 0.306 bits per heavy atom. The summed E-state index contributed by atoms with van der Waals surface area (Å²) in [5, 5.41) is 0. The van der Waals surface area contributed by atoms with Gasteiger partial charge in [0.1, 0.15) is 11.5 Å². The lowest BCUT2D eigenvalue weighted by Gasteiger charge is -2.05. The molecule has 0 unspecified atom stereocenters. The third kappa shape index (κ3) is 23.5. The van der Waals surface area contributed by atoms with Crippen LogP contribution in [-0.4, -0.2) is 11.9 Å². The van der Waals surface area contributed by atoms with Gasteiger partial charge < -0.3 is 9.47 Å². The maximum atomic E-state index is 11.9. The average Bonchev–Trinajstić information content (AvgIpc) is 3.34. The maximum Gasteiger partial charge on any atom is 0.336 e. The van der Waals surface area contributed by atoms with Crippen LogP contribution in [0.1, 0.15) is 116 Å². The standard InChI is InChI=1S/2C23H20O2.6C2H6/c1-17-3-10-20(11-4-17)21-12-7-19(8-13-21)9-16-23(24)25-22-14-5-18(2)6-15-22;1-17-3-7-19(8-4-17)9-16-23(24)25-22-14-12-21(13-15-22)20-10-5-18(2)6-11-20;6*1-2/h2*3-16H,1-2H3;6*1-2H3/b2*16-9+;;;;;;. The lowest BCUT2D eigenvalue weighted by atomic mass is 10.0. The van der Waals surface area contributed by atoms with Crippen molar-refractivity contribution in [2.24, 2.45) is 0 Å². The van der Waals surface area contributed by atoms with Crippen LogP contribution in [0.3, 0.4) is 0 Å². The van der Waals surface area contributed by atoms with E-state index in [-0.39, 0.29) is 11.9 Å². The molecular weight excluding hydrogens is 761 g/mol. The van der Waals surface area contributed by atoms with Crippen molar-refractivity contribution in [1.29, 1.82) is 0 Å². The normalized spacial score (nSPS) is 9.29. The van der Waals surface area contributed by atoms with E-state index in [2.05, 4.69) is 74.5 Å². The van der Waals surface area contributed by atoms with E-state index in [1.807, 2.05) is 170 Å². The van der Waals surface area contributed by atoms with Gasteiger partial charge in [0.05, 0.1) is 0 Å². The van der Waals surface area contributed by atoms with Crippen molar-refractivity contribution in [3.8, 4) is 33.8 Å². The largest absolute Gasteiger partial charge is 0.423 e. The fourth-order valence-corrected chi connectivity index (χ4v) is 4.91. The lowest BCUT2D eigenvalue weighted by Crippen LogP contribution is -2.03. The molecule has 0 spiro atoms. The van der Waals surface area contributed by atoms with Gasteiger partial charge in [0.25, 0.3) is 0 Å². The minimum absolute atomic E-state index is 0.383. The molecule has 0 aliphatic carbocycles. The van der Waals surface area contributed by atoms with Crippen LogP contribution in [0.25, 0.3) is 34.4 Å². The van der Waals surface area contributed by atoms with E-state index in [4.69, 9.17) is 9.47 Å². The molecule has 6 aromatic rings. The van der Waals surface area contributed by atoms with Crippen molar-refractivity contribution < 1.29 is 19.1 Å². The maximum absolute atomic E-state index is 11.9. The molecule has 0 heterocycles. The number of carbonyl (C=O) groups excluding carboxylic acids is 2. The number of benzene rings is 6. The van der Waals surface area contributed by atoms with Crippen molar-refractivity contribution in [3.63, 3.8) is 0 Å². The van der Waals surface area contributed by atoms with E-state index in [9.17, 15) is 9.59 Å². The number of esters is 2. The molecule has 0 bridgehead atoms. The highest BCUT2D eigenvalue weighted by molar-refractivity contribution is 5.89. The van der Waals surface area contributed by atoms with Gasteiger partial charge in [-0.3, -0.25) is 0 Å². The van der Waals surface area contributed by atoms with Crippen molar-refractivity contribution in [3.05, 3.63) is 191 Å². The molecule has 0 aromatic heterocycles. The molecule has 0 N–H and O–H groups in total. The van der Waals surface area contributed by atoms with Crippen LogP contribution in [-0.2, 0) is 9.59 Å². The summed E-state index contributed by atoms with van der Waals surface area (Å²) in [6.07, 6.45) is 6.40. The third-order valence-corrected chi connectivity index (χ3v) is 7.89. The monoisotopic (exact) mass is 837 g/mol. The zero-order valence-electron chi connectivity index (χ0n) is 40.8. The molecule has 6 aromatic carbocycles. The predicted molar refractivity (Wildman–Crippen MR) is 273 cm³/mol. The van der Waals surface area contributed by atoms with E-state index in [1.54, 1.807) is 24.3 Å². The third-order valence-electron chi connectivity index (χ3n) is 7.89. The quantitative estimate of drug-likeness (QED) is 0.0870. The van der Waals surface area contributed by atoms with E-state index in [0.717, 1.165) is 33.4 Å². The molecule has 0 radical (unpaired) electrons. The smallest absolute Gasteiger partial charge is 0.336 e.